The monoisotopic (exact) mass is 303 g/mol. The highest BCUT2D eigenvalue weighted by molar-refractivity contribution is 7.13. The number of rotatable bonds is 5. The van der Waals surface area contributed by atoms with Crippen molar-refractivity contribution in [1.82, 2.24) is 20.0 Å². The third-order valence-corrected chi connectivity index (χ3v) is 5.21. The van der Waals surface area contributed by atoms with E-state index in [2.05, 4.69) is 20.6 Å². The van der Waals surface area contributed by atoms with Crippen molar-refractivity contribution < 1.29 is 4.79 Å². The smallest absolute Gasteiger partial charge is 0.286 e. The minimum absolute atomic E-state index is 0.192. The highest BCUT2D eigenvalue weighted by Crippen LogP contribution is 2.41. The van der Waals surface area contributed by atoms with E-state index in [1.165, 1.54) is 43.4 Å². The Morgan fingerprint density at radius 2 is 2.19 bits per heavy atom. The molecule has 0 unspecified atom stereocenters. The van der Waals surface area contributed by atoms with Gasteiger partial charge in [0.15, 0.2) is 0 Å². The van der Waals surface area contributed by atoms with E-state index in [1.807, 2.05) is 10.9 Å². The van der Waals surface area contributed by atoms with Gasteiger partial charge in [0.2, 0.25) is 5.01 Å². The Hall–Kier alpha value is -1.76. The molecule has 4 rings (SSSR count). The normalized spacial score (nSPS) is 18.5. The van der Waals surface area contributed by atoms with Gasteiger partial charge in [-0.2, -0.15) is 5.10 Å². The first-order valence-electron chi connectivity index (χ1n) is 7.45. The number of aromatic nitrogens is 4. The average molecular weight is 303 g/mol. The molecule has 110 valence electrons. The summed E-state index contributed by atoms with van der Waals surface area (Å²) in [6, 6.07) is 0. The van der Waals surface area contributed by atoms with Crippen molar-refractivity contribution in [1.29, 1.82) is 0 Å². The van der Waals surface area contributed by atoms with E-state index in [9.17, 15) is 4.79 Å². The molecule has 0 aromatic carbocycles. The lowest BCUT2D eigenvalue weighted by Gasteiger charge is -2.24. The molecule has 2 aliphatic rings. The number of carbonyl (C=O) groups is 1. The van der Waals surface area contributed by atoms with Crippen molar-refractivity contribution in [3.05, 3.63) is 22.4 Å². The maximum Gasteiger partial charge on any atom is 0.286 e. The van der Waals surface area contributed by atoms with E-state index in [0.717, 1.165) is 23.2 Å². The molecule has 2 aromatic heterocycles. The van der Waals surface area contributed by atoms with Crippen LogP contribution in [0, 0.1) is 5.92 Å². The molecule has 0 aliphatic heterocycles. The molecule has 7 heteroatoms. The third kappa shape index (κ3) is 2.83. The largest absolute Gasteiger partial charge is 0.317 e. The van der Waals surface area contributed by atoms with Gasteiger partial charge in [0.25, 0.3) is 5.91 Å². The predicted octanol–water partition coefficient (Wildman–Crippen LogP) is 2.66. The zero-order valence-electron chi connectivity index (χ0n) is 11.7. The van der Waals surface area contributed by atoms with Crippen LogP contribution in [0.15, 0.2) is 12.4 Å². The van der Waals surface area contributed by atoms with E-state index in [0.29, 0.717) is 10.9 Å². The lowest BCUT2D eigenvalue weighted by Crippen LogP contribution is -2.18. The lowest BCUT2D eigenvalue weighted by molar-refractivity contribution is 0.102. The molecule has 6 nitrogen and oxygen atoms in total. The summed E-state index contributed by atoms with van der Waals surface area (Å²) < 4.78 is 1.91. The second kappa shape index (κ2) is 5.22. The molecule has 21 heavy (non-hydrogen) atoms. The number of amides is 1. The van der Waals surface area contributed by atoms with Crippen molar-refractivity contribution in [2.75, 3.05) is 5.32 Å². The summed E-state index contributed by atoms with van der Waals surface area (Å²) in [6.07, 6.45) is 9.83. The molecule has 1 amide bonds. The molecule has 0 saturated heterocycles. The zero-order chi connectivity index (χ0) is 14.2. The number of hydrogen-bond donors (Lipinski definition) is 1. The summed E-state index contributed by atoms with van der Waals surface area (Å²) in [7, 11) is 0. The molecule has 2 saturated carbocycles. The summed E-state index contributed by atoms with van der Waals surface area (Å²) in [6.45, 7) is 0.945. The van der Waals surface area contributed by atoms with Crippen molar-refractivity contribution in [3.63, 3.8) is 0 Å². The van der Waals surface area contributed by atoms with Gasteiger partial charge >= 0.3 is 0 Å². The molecule has 2 aliphatic carbocycles. The maximum absolute atomic E-state index is 12.1. The Labute approximate surface area is 126 Å². The fraction of sp³-hybridized carbons (Fsp3) is 0.571. The lowest BCUT2D eigenvalue weighted by atomic mass is 9.85. The molecule has 0 radical (unpaired) electrons. The Morgan fingerprint density at radius 1 is 1.33 bits per heavy atom. The van der Waals surface area contributed by atoms with Gasteiger partial charge in [-0.05, 0) is 31.6 Å². The molecule has 0 spiro atoms. The summed E-state index contributed by atoms with van der Waals surface area (Å²) >= 11 is 1.40. The van der Waals surface area contributed by atoms with E-state index >= 15 is 0 Å². The van der Waals surface area contributed by atoms with Gasteiger partial charge in [-0.15, -0.1) is 10.2 Å². The van der Waals surface area contributed by atoms with Crippen molar-refractivity contribution in [3.8, 4) is 0 Å². The van der Waals surface area contributed by atoms with Crippen molar-refractivity contribution >= 4 is 22.9 Å². The second-order valence-electron chi connectivity index (χ2n) is 5.92. The van der Waals surface area contributed by atoms with Crippen LogP contribution in [0.3, 0.4) is 0 Å². The summed E-state index contributed by atoms with van der Waals surface area (Å²) in [5, 5.41) is 16.6. The number of carbonyl (C=O) groups excluding carboxylic acids is 1. The molecule has 2 heterocycles. The number of hydrogen-bond acceptors (Lipinski definition) is 5. The Kier molecular flexibility index (Phi) is 3.21. The number of anilines is 1. The molecule has 1 N–H and O–H groups in total. The van der Waals surface area contributed by atoms with Crippen LogP contribution in [-0.4, -0.2) is 25.9 Å². The Bertz CT molecular complexity index is 656. The van der Waals surface area contributed by atoms with Crippen molar-refractivity contribution in [2.45, 2.75) is 44.6 Å². The third-order valence-electron chi connectivity index (χ3n) is 4.12. The van der Waals surface area contributed by atoms with Gasteiger partial charge in [-0.3, -0.25) is 9.48 Å². The molecular weight excluding hydrogens is 286 g/mol. The fourth-order valence-corrected chi connectivity index (χ4v) is 3.38. The van der Waals surface area contributed by atoms with Crippen LogP contribution in [0.4, 0.5) is 5.69 Å². The highest BCUT2D eigenvalue weighted by atomic mass is 32.1. The molecule has 2 aromatic rings. The minimum atomic E-state index is -0.192. The van der Waals surface area contributed by atoms with Gasteiger partial charge in [0, 0.05) is 18.7 Å². The van der Waals surface area contributed by atoms with E-state index in [1.54, 1.807) is 6.20 Å². The Morgan fingerprint density at radius 3 is 2.90 bits per heavy atom. The van der Waals surface area contributed by atoms with Gasteiger partial charge in [0.1, 0.15) is 5.01 Å². The fourth-order valence-electron chi connectivity index (χ4n) is 2.47. The molecule has 2 fully saturated rings. The zero-order valence-corrected chi connectivity index (χ0v) is 12.5. The first-order valence-corrected chi connectivity index (χ1v) is 8.27. The van der Waals surface area contributed by atoms with Crippen LogP contribution >= 0.6 is 11.3 Å². The summed E-state index contributed by atoms with van der Waals surface area (Å²) in [5.74, 6) is 1.09. The second-order valence-corrected chi connectivity index (χ2v) is 6.93. The molecule has 0 atom stereocenters. The van der Waals surface area contributed by atoms with Crippen LogP contribution in [0.1, 0.15) is 52.8 Å². The first-order chi connectivity index (χ1) is 10.3. The number of nitrogens with zero attached hydrogens (tertiary/aromatic N) is 4. The number of nitrogens with one attached hydrogen (secondary N) is 1. The van der Waals surface area contributed by atoms with E-state index < -0.39 is 0 Å². The quantitative estimate of drug-likeness (QED) is 0.921. The highest BCUT2D eigenvalue weighted by Gasteiger charge is 2.28. The van der Waals surface area contributed by atoms with Crippen molar-refractivity contribution in [2.24, 2.45) is 5.92 Å². The maximum atomic E-state index is 12.1. The summed E-state index contributed by atoms with van der Waals surface area (Å²) in [4.78, 5) is 12.1. The van der Waals surface area contributed by atoms with Gasteiger partial charge in [-0.1, -0.05) is 17.8 Å². The van der Waals surface area contributed by atoms with Crippen LogP contribution in [0.5, 0.6) is 0 Å². The topological polar surface area (TPSA) is 72.7 Å². The first kappa shape index (κ1) is 12.9. The SMILES string of the molecule is O=C(Nc1cnn(CC2CCC2)c1)c1nnc(C2CC2)s1. The van der Waals surface area contributed by atoms with Crippen LogP contribution < -0.4 is 5.32 Å². The van der Waals surface area contributed by atoms with Crippen LogP contribution in [-0.2, 0) is 6.54 Å². The Balaban J connectivity index is 1.38. The average Bonchev–Trinajstić information content (AvgIpc) is 2.99. The van der Waals surface area contributed by atoms with Gasteiger partial charge < -0.3 is 5.32 Å². The van der Waals surface area contributed by atoms with E-state index in [4.69, 9.17) is 0 Å². The van der Waals surface area contributed by atoms with Gasteiger partial charge in [-0.25, -0.2) is 0 Å². The van der Waals surface area contributed by atoms with Gasteiger partial charge in [0.05, 0.1) is 11.9 Å². The standard InChI is InChI=1S/C14H17N5OS/c20-12(14-18-17-13(21-14)10-4-5-10)16-11-6-15-19(8-11)7-9-2-1-3-9/h6,8-10H,1-5,7H2,(H,16,20). The van der Waals surface area contributed by atoms with Crippen LogP contribution in [0.25, 0.3) is 0 Å². The molecule has 0 bridgehead atoms. The predicted molar refractivity (Wildman–Crippen MR) is 79.4 cm³/mol. The minimum Gasteiger partial charge on any atom is -0.317 e. The summed E-state index contributed by atoms with van der Waals surface area (Å²) in [5.41, 5.74) is 0.725. The van der Waals surface area contributed by atoms with E-state index in [-0.39, 0.29) is 5.91 Å². The molecular formula is C14H17N5OS. The van der Waals surface area contributed by atoms with Crippen LogP contribution in [0.2, 0.25) is 0 Å².